The number of amides is 2. The molecule has 2 aliphatic heterocycles. The fourth-order valence-electron chi connectivity index (χ4n) is 9.73. The molecule has 39 heteroatoms. The maximum Gasteiger partial charge on any atom is 0.573 e. The molecule has 2 saturated heterocycles. The number of hydrogen-bond acceptors (Lipinski definition) is 18. The normalized spacial score (nSPS) is 17.7. The van der Waals surface area contributed by atoms with Crippen molar-refractivity contribution in [2.45, 2.75) is 97.6 Å². The Kier molecular flexibility index (Phi) is 21.0. The third-order valence-corrected chi connectivity index (χ3v) is 21.5. The molecule has 2 aliphatic carbocycles. The highest BCUT2D eigenvalue weighted by molar-refractivity contribution is 7.89. The van der Waals surface area contributed by atoms with Crippen molar-refractivity contribution in [3.8, 4) is 11.5 Å². The van der Waals surface area contributed by atoms with E-state index in [4.69, 9.17) is 34.8 Å². The first-order valence-corrected chi connectivity index (χ1v) is 33.7. The van der Waals surface area contributed by atoms with Gasteiger partial charge in [0.1, 0.15) is 33.0 Å². The lowest BCUT2D eigenvalue weighted by Crippen LogP contribution is -2.60. The zero-order valence-corrected chi connectivity index (χ0v) is 53.7. The van der Waals surface area contributed by atoms with Gasteiger partial charge in [0.05, 0.1) is 9.79 Å². The van der Waals surface area contributed by atoms with Crippen molar-refractivity contribution in [1.82, 2.24) is 54.5 Å². The third kappa shape index (κ3) is 18.0. The van der Waals surface area contributed by atoms with Gasteiger partial charge in [-0.15, -0.1) is 26.3 Å². The van der Waals surface area contributed by atoms with Gasteiger partial charge >= 0.3 is 25.1 Å². The van der Waals surface area contributed by atoms with Crippen LogP contribution in [0.15, 0.2) is 107 Å². The van der Waals surface area contributed by atoms with E-state index in [0.29, 0.717) is 29.5 Å². The molecule has 4 aliphatic rings. The van der Waals surface area contributed by atoms with E-state index in [1.165, 1.54) is 40.7 Å². The minimum atomic E-state index is -4.88. The Morgan fingerprint density at radius 3 is 1.39 bits per heavy atom. The molecule has 8 aromatic rings. The molecule has 2 amide bonds. The summed E-state index contributed by atoms with van der Waals surface area (Å²) in [5, 5.41) is 7.75. The molecule has 6 heterocycles. The fourth-order valence-corrected chi connectivity index (χ4v) is 15.3. The monoisotopic (exact) mass is 1480 g/mol. The molecular formula is C56H47Cl3F12N12O8S4. The Morgan fingerprint density at radius 1 is 0.537 bits per heavy atom. The zero-order chi connectivity index (χ0) is 68.6. The Labute approximate surface area is 554 Å². The first-order chi connectivity index (χ1) is 44.6. The van der Waals surface area contributed by atoms with Crippen LogP contribution in [0.25, 0.3) is 20.7 Å². The van der Waals surface area contributed by atoms with Gasteiger partial charge in [0.25, 0.3) is 0 Å². The number of nitrogens with zero attached hydrogens (tertiary/aromatic N) is 9. The molecule has 4 aromatic carbocycles. The van der Waals surface area contributed by atoms with Crippen molar-refractivity contribution < 1.29 is 88.6 Å². The Morgan fingerprint density at radius 2 is 0.958 bits per heavy atom. The average Bonchev–Trinajstić information content (AvgIpc) is 1.77. The first-order valence-electron chi connectivity index (χ1n) is 28.0. The number of carbonyl (C=O) groups excluding carboxylic acids is 2. The van der Waals surface area contributed by atoms with Crippen LogP contribution in [0.1, 0.15) is 71.4 Å². The van der Waals surface area contributed by atoms with E-state index in [0.717, 1.165) is 88.1 Å². The minimum absolute atomic E-state index is 0.0184. The second-order valence-electron chi connectivity index (χ2n) is 21.4. The van der Waals surface area contributed by atoms with Crippen LogP contribution < -0.4 is 30.3 Å². The minimum Gasteiger partial charge on any atom is -0.406 e. The molecule has 0 unspecified atom stereocenters. The Bertz CT molecular complexity index is 4330. The zero-order valence-electron chi connectivity index (χ0n) is 48.1. The molecular weight excluding hydrogens is 1430 g/mol. The van der Waals surface area contributed by atoms with Gasteiger partial charge in [-0.25, -0.2) is 41.8 Å². The van der Waals surface area contributed by atoms with Crippen LogP contribution in [0.3, 0.4) is 0 Å². The van der Waals surface area contributed by atoms with Crippen molar-refractivity contribution in [1.29, 1.82) is 0 Å². The van der Waals surface area contributed by atoms with Gasteiger partial charge in [0.2, 0.25) is 43.5 Å². The maximum atomic E-state index is 13.9. The highest BCUT2D eigenvalue weighted by Gasteiger charge is 2.43. The van der Waals surface area contributed by atoms with Gasteiger partial charge in [-0.2, -0.15) is 39.9 Å². The van der Waals surface area contributed by atoms with E-state index in [-0.39, 0.29) is 96.8 Å². The van der Waals surface area contributed by atoms with E-state index in [2.05, 4.69) is 55.3 Å². The number of carbonyl (C=O) groups is 2. The summed E-state index contributed by atoms with van der Waals surface area (Å²) in [5.74, 6) is -3.91. The summed E-state index contributed by atoms with van der Waals surface area (Å²) < 4.78 is 215. The van der Waals surface area contributed by atoms with Crippen molar-refractivity contribution in [3.05, 3.63) is 146 Å². The number of anilines is 1. The number of aromatic nitrogens is 6. The second-order valence-corrected chi connectivity index (χ2v) is 28.4. The number of nitrogens with one attached hydrogen (secondary N) is 3. The first kappa shape index (κ1) is 70.8. The molecule has 0 spiro atoms. The van der Waals surface area contributed by atoms with Crippen molar-refractivity contribution in [2.24, 2.45) is 0 Å². The van der Waals surface area contributed by atoms with Crippen LogP contribution in [-0.4, -0.2) is 131 Å². The van der Waals surface area contributed by atoms with Crippen molar-refractivity contribution >= 4 is 115 Å². The molecule has 20 nitrogen and oxygen atoms in total. The molecule has 12 rings (SSSR count). The number of alkyl halides is 12. The summed E-state index contributed by atoms with van der Waals surface area (Å²) in [6, 6.07) is 20.9. The van der Waals surface area contributed by atoms with Gasteiger partial charge in [-0.3, -0.25) is 9.59 Å². The molecule has 4 fully saturated rings. The van der Waals surface area contributed by atoms with Gasteiger partial charge in [-0.1, -0.05) is 106 Å². The standard InChI is InChI=1S/C28H23ClF6N6O4S2.C22H24F3N3O4S.C6Cl2F3N3S/c29-22-21-23(38-25(37-22)27(30,31)32)39-26(46-21)40-11-12-41(47(43,44)19-9-5-17(6-10-19)16-3-4-16)20(14-40)24(42)36-13-15-1-7-18(8-2-15)45-28(33,34)35;23-22(24,25)32-18-7-1-15(2-8-18)13-27-21(29)20-14-26-11-12-28(20)33(30,31)19-9-5-17(6-10-19)16-3-4-16;7-2-1-3(14-5(8)15-1)13-4(12-2)6(9,10)11/h1-2,5-10,16,20H,3-4,11-14H2,(H,36,42);1-2,5-10,16,20,26H,3-4,11-14H2,(H,27,29);/t2*20-;/m11./s1. The predicted molar refractivity (Wildman–Crippen MR) is 323 cm³/mol. The number of benzene rings is 4. The number of fused-ring (bicyclic) bond motifs is 2. The third-order valence-electron chi connectivity index (χ3n) is 14.6. The number of thiazole rings is 2. The molecule has 0 bridgehead atoms. The van der Waals surface area contributed by atoms with Crippen LogP contribution in [0.4, 0.5) is 57.8 Å². The molecule has 2 saturated carbocycles. The number of rotatable bonds is 15. The number of ether oxygens (including phenoxy) is 2. The van der Waals surface area contributed by atoms with Crippen molar-refractivity contribution in [2.75, 3.05) is 44.2 Å². The summed E-state index contributed by atoms with van der Waals surface area (Å²) in [4.78, 5) is 49.1. The van der Waals surface area contributed by atoms with E-state index >= 15 is 0 Å². The van der Waals surface area contributed by atoms with Gasteiger partial charge in [0.15, 0.2) is 31.2 Å². The summed E-state index contributed by atoms with van der Waals surface area (Å²) >= 11 is 18.9. The van der Waals surface area contributed by atoms with Gasteiger partial charge in [0, 0.05) is 52.4 Å². The van der Waals surface area contributed by atoms with Crippen LogP contribution in [0.5, 0.6) is 11.5 Å². The molecule has 4 aromatic heterocycles. The highest BCUT2D eigenvalue weighted by Crippen LogP contribution is 2.43. The highest BCUT2D eigenvalue weighted by atomic mass is 35.5. The fraction of sp³-hybridized carbons (Fsp3) is 0.357. The van der Waals surface area contributed by atoms with Gasteiger partial charge in [-0.05, 0) is 108 Å². The molecule has 0 radical (unpaired) electrons. The molecule has 3 N–H and O–H groups in total. The number of sulfonamides is 2. The lowest BCUT2D eigenvalue weighted by molar-refractivity contribution is -0.275. The van der Waals surface area contributed by atoms with E-state index in [9.17, 15) is 79.1 Å². The van der Waals surface area contributed by atoms with E-state index in [1.54, 1.807) is 29.2 Å². The number of hydrogen-bond donors (Lipinski definition) is 3. The second kappa shape index (κ2) is 28.2. The van der Waals surface area contributed by atoms with Crippen molar-refractivity contribution in [3.63, 3.8) is 0 Å². The van der Waals surface area contributed by atoms with Crippen LogP contribution in [0.2, 0.25) is 14.8 Å². The number of piperazine rings is 2. The number of halogens is 15. The summed E-state index contributed by atoms with van der Waals surface area (Å²) in [6.45, 7) is 0.213. The predicted octanol–water partition coefficient (Wildman–Crippen LogP) is 11.9. The van der Waals surface area contributed by atoms with E-state index < -0.39 is 91.6 Å². The topological polar surface area (TPSA) is 244 Å². The van der Waals surface area contributed by atoms with Crippen LogP contribution in [0, 0.1) is 0 Å². The van der Waals surface area contributed by atoms with Crippen LogP contribution in [-0.2, 0) is 55.1 Å². The SMILES string of the molecule is FC(F)(F)c1nc(Cl)c2sc(Cl)nc2n1.O=C(NCc1ccc(OC(F)(F)F)cc1)[C@H]1CN(c2nc3nc(C(F)(F)F)nc(Cl)c3s2)CCN1S(=O)(=O)c1ccc(C2CC2)cc1.O=C(NCc1ccc(OC(F)(F)F)cc1)[C@H]1CNCCN1S(=O)(=O)c1ccc(C2CC2)cc1. The lowest BCUT2D eigenvalue weighted by Gasteiger charge is -2.39. The maximum absolute atomic E-state index is 13.9. The van der Waals surface area contributed by atoms with Crippen LogP contribution >= 0.6 is 57.5 Å². The smallest absolute Gasteiger partial charge is 0.406 e. The Balaban J connectivity index is 0.000000176. The molecule has 508 valence electrons. The molecule has 95 heavy (non-hydrogen) atoms. The quantitative estimate of drug-likeness (QED) is 0.0638. The lowest BCUT2D eigenvalue weighted by atomic mass is 10.1. The summed E-state index contributed by atoms with van der Waals surface area (Å²) in [7, 11) is -8.08. The van der Waals surface area contributed by atoms with E-state index in [1.807, 2.05) is 12.1 Å². The molecule has 2 atom stereocenters. The van der Waals surface area contributed by atoms with Gasteiger partial charge < -0.3 is 30.3 Å². The average molecular weight is 1480 g/mol. The summed E-state index contributed by atoms with van der Waals surface area (Å²) in [5.41, 5.74) is 2.65. The summed E-state index contributed by atoms with van der Waals surface area (Å²) in [6.07, 6.45) is -14.9. The largest absolute Gasteiger partial charge is 0.573 e. The Hall–Kier alpha value is -7.03.